The van der Waals surface area contributed by atoms with Gasteiger partial charge in [0, 0.05) is 29.4 Å². The minimum atomic E-state index is -0.284. The predicted molar refractivity (Wildman–Crippen MR) is 92.0 cm³/mol. The van der Waals surface area contributed by atoms with Crippen LogP contribution in [0.2, 0.25) is 0 Å². The van der Waals surface area contributed by atoms with Crippen LogP contribution in [0.25, 0.3) is 10.6 Å². The molecule has 0 aliphatic rings. The molecule has 0 saturated carbocycles. The number of aryl methyl sites for hydroxylation is 1. The SMILES string of the molecule is Cc1nc(-c2cccnc2)sc1CC(=O)NCc1ccc(F)cc1. The van der Waals surface area contributed by atoms with E-state index in [1.54, 1.807) is 24.5 Å². The van der Waals surface area contributed by atoms with E-state index in [9.17, 15) is 9.18 Å². The van der Waals surface area contributed by atoms with Crippen molar-refractivity contribution in [2.24, 2.45) is 0 Å². The van der Waals surface area contributed by atoms with Crippen molar-refractivity contribution in [2.45, 2.75) is 19.9 Å². The molecule has 1 aromatic carbocycles. The average molecular weight is 341 g/mol. The van der Waals surface area contributed by atoms with E-state index in [0.717, 1.165) is 26.7 Å². The zero-order valence-corrected chi connectivity index (χ0v) is 13.9. The van der Waals surface area contributed by atoms with Crippen LogP contribution in [-0.4, -0.2) is 15.9 Å². The van der Waals surface area contributed by atoms with Crippen LogP contribution in [0.3, 0.4) is 0 Å². The summed E-state index contributed by atoms with van der Waals surface area (Å²) >= 11 is 1.50. The number of pyridine rings is 1. The molecule has 1 N–H and O–H groups in total. The molecular weight excluding hydrogens is 325 g/mol. The van der Waals surface area contributed by atoms with Crippen LogP contribution in [0.4, 0.5) is 4.39 Å². The molecule has 0 spiro atoms. The largest absolute Gasteiger partial charge is 0.352 e. The number of carbonyl (C=O) groups is 1. The van der Waals surface area contributed by atoms with Crippen LogP contribution in [0, 0.1) is 12.7 Å². The monoisotopic (exact) mass is 341 g/mol. The molecule has 2 aromatic heterocycles. The van der Waals surface area contributed by atoms with Gasteiger partial charge in [-0.05, 0) is 36.8 Å². The Labute approximate surface area is 143 Å². The first-order valence-electron chi connectivity index (χ1n) is 7.49. The normalized spacial score (nSPS) is 10.6. The molecule has 4 nitrogen and oxygen atoms in total. The van der Waals surface area contributed by atoms with Gasteiger partial charge < -0.3 is 5.32 Å². The van der Waals surface area contributed by atoms with Crippen molar-refractivity contribution in [2.75, 3.05) is 0 Å². The number of nitrogens with one attached hydrogen (secondary N) is 1. The zero-order chi connectivity index (χ0) is 16.9. The summed E-state index contributed by atoms with van der Waals surface area (Å²) in [5, 5.41) is 3.71. The van der Waals surface area contributed by atoms with E-state index < -0.39 is 0 Å². The zero-order valence-electron chi connectivity index (χ0n) is 13.1. The topological polar surface area (TPSA) is 54.9 Å². The lowest BCUT2D eigenvalue weighted by molar-refractivity contribution is -0.120. The number of aromatic nitrogens is 2. The summed E-state index contributed by atoms with van der Waals surface area (Å²) in [7, 11) is 0. The molecule has 0 aliphatic heterocycles. The van der Waals surface area contributed by atoms with E-state index >= 15 is 0 Å². The highest BCUT2D eigenvalue weighted by atomic mass is 32.1. The fourth-order valence-electron chi connectivity index (χ4n) is 2.22. The van der Waals surface area contributed by atoms with Gasteiger partial charge in [-0.1, -0.05) is 12.1 Å². The molecule has 0 unspecified atom stereocenters. The van der Waals surface area contributed by atoms with Gasteiger partial charge >= 0.3 is 0 Å². The molecule has 0 aliphatic carbocycles. The summed E-state index contributed by atoms with van der Waals surface area (Å²) in [5.41, 5.74) is 2.67. The quantitative estimate of drug-likeness (QED) is 0.773. The smallest absolute Gasteiger partial charge is 0.225 e. The van der Waals surface area contributed by atoms with Gasteiger partial charge in [0.25, 0.3) is 0 Å². The average Bonchev–Trinajstić information content (AvgIpc) is 2.96. The van der Waals surface area contributed by atoms with E-state index in [2.05, 4.69) is 15.3 Å². The Morgan fingerprint density at radius 2 is 2.04 bits per heavy atom. The van der Waals surface area contributed by atoms with Gasteiger partial charge in [-0.3, -0.25) is 9.78 Å². The molecule has 122 valence electrons. The van der Waals surface area contributed by atoms with Crippen molar-refractivity contribution in [3.8, 4) is 10.6 Å². The van der Waals surface area contributed by atoms with Gasteiger partial charge in [-0.2, -0.15) is 0 Å². The standard InChI is InChI=1S/C18H16FN3OS/c1-12-16(24-18(22-12)14-3-2-8-20-11-14)9-17(23)21-10-13-4-6-15(19)7-5-13/h2-8,11H,9-10H2,1H3,(H,21,23). The Morgan fingerprint density at radius 1 is 1.25 bits per heavy atom. The Hall–Kier alpha value is -2.60. The highest BCUT2D eigenvalue weighted by Gasteiger charge is 2.13. The molecule has 0 bridgehead atoms. The summed E-state index contributed by atoms with van der Waals surface area (Å²) in [6, 6.07) is 9.90. The van der Waals surface area contributed by atoms with Crippen LogP contribution in [0.1, 0.15) is 16.1 Å². The number of benzene rings is 1. The van der Waals surface area contributed by atoms with Gasteiger partial charge in [0.05, 0.1) is 12.1 Å². The lowest BCUT2D eigenvalue weighted by Gasteiger charge is -2.04. The number of carbonyl (C=O) groups excluding carboxylic acids is 1. The number of rotatable bonds is 5. The second-order valence-electron chi connectivity index (χ2n) is 5.35. The summed E-state index contributed by atoms with van der Waals surface area (Å²) < 4.78 is 12.9. The summed E-state index contributed by atoms with van der Waals surface area (Å²) in [6.45, 7) is 2.28. The maximum atomic E-state index is 12.9. The predicted octanol–water partition coefficient (Wildman–Crippen LogP) is 3.51. The summed E-state index contributed by atoms with van der Waals surface area (Å²) in [6.07, 6.45) is 3.76. The maximum Gasteiger partial charge on any atom is 0.225 e. The van der Waals surface area contributed by atoms with Crippen molar-refractivity contribution in [3.05, 3.63) is 70.7 Å². The number of halogens is 1. The molecule has 6 heteroatoms. The van der Waals surface area contributed by atoms with E-state index in [1.807, 2.05) is 19.1 Å². The number of hydrogen-bond acceptors (Lipinski definition) is 4. The lowest BCUT2D eigenvalue weighted by atomic mass is 10.2. The maximum absolute atomic E-state index is 12.9. The minimum absolute atomic E-state index is 0.0798. The molecule has 3 rings (SSSR count). The molecule has 0 saturated heterocycles. The molecule has 0 fully saturated rings. The van der Waals surface area contributed by atoms with Crippen LogP contribution in [0.5, 0.6) is 0 Å². The van der Waals surface area contributed by atoms with E-state index in [4.69, 9.17) is 0 Å². The van der Waals surface area contributed by atoms with Crippen LogP contribution >= 0.6 is 11.3 Å². The molecule has 0 radical (unpaired) electrons. The van der Waals surface area contributed by atoms with Crippen molar-refractivity contribution in [1.29, 1.82) is 0 Å². The Morgan fingerprint density at radius 3 is 2.75 bits per heavy atom. The molecule has 1 amide bonds. The fourth-order valence-corrected chi connectivity index (χ4v) is 3.27. The van der Waals surface area contributed by atoms with Crippen molar-refractivity contribution in [1.82, 2.24) is 15.3 Å². The number of thiazole rings is 1. The Kier molecular flexibility index (Phi) is 4.96. The molecule has 3 aromatic rings. The van der Waals surface area contributed by atoms with Gasteiger partial charge in [0.15, 0.2) is 0 Å². The fraction of sp³-hybridized carbons (Fsp3) is 0.167. The summed E-state index contributed by atoms with van der Waals surface area (Å²) in [4.78, 5) is 21.7. The van der Waals surface area contributed by atoms with Crippen molar-refractivity contribution >= 4 is 17.2 Å². The highest BCUT2D eigenvalue weighted by Crippen LogP contribution is 2.27. The third kappa shape index (κ3) is 4.02. The number of hydrogen-bond donors (Lipinski definition) is 1. The Bertz CT molecular complexity index is 831. The molecule has 0 atom stereocenters. The van der Waals surface area contributed by atoms with Crippen LogP contribution in [-0.2, 0) is 17.8 Å². The van der Waals surface area contributed by atoms with E-state index in [0.29, 0.717) is 6.54 Å². The van der Waals surface area contributed by atoms with Gasteiger partial charge in [0.2, 0.25) is 5.91 Å². The lowest BCUT2D eigenvalue weighted by Crippen LogP contribution is -2.24. The van der Waals surface area contributed by atoms with Crippen LogP contribution < -0.4 is 5.32 Å². The first-order valence-corrected chi connectivity index (χ1v) is 8.31. The molecule has 2 heterocycles. The highest BCUT2D eigenvalue weighted by molar-refractivity contribution is 7.15. The number of nitrogens with zero attached hydrogens (tertiary/aromatic N) is 2. The minimum Gasteiger partial charge on any atom is -0.352 e. The van der Waals surface area contributed by atoms with Crippen molar-refractivity contribution < 1.29 is 9.18 Å². The second kappa shape index (κ2) is 7.31. The van der Waals surface area contributed by atoms with Gasteiger partial charge in [-0.25, -0.2) is 9.37 Å². The second-order valence-corrected chi connectivity index (χ2v) is 6.43. The molecular formula is C18H16FN3OS. The van der Waals surface area contributed by atoms with E-state index in [1.165, 1.54) is 23.5 Å². The summed E-state index contributed by atoms with van der Waals surface area (Å²) in [5.74, 6) is -0.364. The van der Waals surface area contributed by atoms with Crippen molar-refractivity contribution in [3.63, 3.8) is 0 Å². The third-order valence-electron chi connectivity index (χ3n) is 3.53. The first-order chi connectivity index (χ1) is 11.6. The van der Waals surface area contributed by atoms with Crippen LogP contribution in [0.15, 0.2) is 48.8 Å². The van der Waals surface area contributed by atoms with Gasteiger partial charge in [-0.15, -0.1) is 11.3 Å². The third-order valence-corrected chi connectivity index (χ3v) is 4.73. The first kappa shape index (κ1) is 16.3. The number of amides is 1. The molecule has 24 heavy (non-hydrogen) atoms. The Balaban J connectivity index is 1.62. The van der Waals surface area contributed by atoms with Gasteiger partial charge in [0.1, 0.15) is 10.8 Å². The van der Waals surface area contributed by atoms with E-state index in [-0.39, 0.29) is 18.1 Å².